The van der Waals surface area contributed by atoms with Gasteiger partial charge in [-0.25, -0.2) is 13.1 Å². The van der Waals surface area contributed by atoms with Crippen molar-refractivity contribution in [2.75, 3.05) is 10.6 Å². The Hall–Kier alpha value is -3.20. The second kappa shape index (κ2) is 9.83. The van der Waals surface area contributed by atoms with Gasteiger partial charge in [0.15, 0.2) is 0 Å². The molecule has 2 aromatic rings. The zero-order valence-electron chi connectivity index (χ0n) is 16.2. The summed E-state index contributed by atoms with van der Waals surface area (Å²) in [7, 11) is -3.92. The summed E-state index contributed by atoms with van der Waals surface area (Å²) in [4.78, 5) is 34.9. The van der Waals surface area contributed by atoms with Crippen molar-refractivity contribution in [3.63, 3.8) is 0 Å². The topological polar surface area (TPSA) is 121 Å². The van der Waals surface area contributed by atoms with Gasteiger partial charge in [0, 0.05) is 30.3 Å². The fraction of sp³-hybridized carbons (Fsp3) is 0.250. The van der Waals surface area contributed by atoms with Gasteiger partial charge in [0.05, 0.1) is 4.90 Å². The predicted octanol–water partition coefficient (Wildman–Crippen LogP) is 2.89. The number of benzene rings is 2. The minimum Gasteiger partial charge on any atom is -0.326 e. The van der Waals surface area contributed by atoms with E-state index in [4.69, 9.17) is 0 Å². The Balaban J connectivity index is 1.99. The molecule has 0 fully saturated rings. The Labute approximate surface area is 169 Å². The summed E-state index contributed by atoms with van der Waals surface area (Å²) < 4.78 is 25.7. The molecule has 0 bridgehead atoms. The number of carbonyl (C=O) groups excluding carboxylic acids is 3. The average molecular weight is 417 g/mol. The van der Waals surface area contributed by atoms with E-state index in [1.807, 2.05) is 11.6 Å². The summed E-state index contributed by atoms with van der Waals surface area (Å²) in [5.74, 6) is -1.14. The van der Waals surface area contributed by atoms with E-state index >= 15 is 0 Å². The molecule has 0 unspecified atom stereocenters. The van der Waals surface area contributed by atoms with Crippen LogP contribution in [0, 0.1) is 0 Å². The van der Waals surface area contributed by atoms with Gasteiger partial charge < -0.3 is 10.6 Å². The van der Waals surface area contributed by atoms with E-state index in [1.54, 1.807) is 24.3 Å². The Bertz CT molecular complexity index is 984. The molecule has 9 heteroatoms. The maximum absolute atomic E-state index is 12.3. The Morgan fingerprint density at radius 2 is 1.41 bits per heavy atom. The van der Waals surface area contributed by atoms with E-state index in [1.165, 1.54) is 24.3 Å². The summed E-state index contributed by atoms with van der Waals surface area (Å²) in [5.41, 5.74) is 1.38. The third-order valence-electron chi connectivity index (χ3n) is 3.89. The molecule has 8 nitrogen and oxygen atoms in total. The molecule has 0 aliphatic rings. The number of carbonyl (C=O) groups is 3. The molecule has 154 valence electrons. The van der Waals surface area contributed by atoms with Crippen LogP contribution in [0.5, 0.6) is 0 Å². The minimum atomic E-state index is -3.92. The Morgan fingerprint density at radius 3 is 1.97 bits per heavy atom. The van der Waals surface area contributed by atoms with Crippen LogP contribution in [0.1, 0.15) is 43.5 Å². The highest BCUT2D eigenvalue weighted by Gasteiger charge is 2.15. The number of amides is 3. The molecule has 0 saturated heterocycles. The lowest BCUT2D eigenvalue weighted by Gasteiger charge is -2.09. The SMILES string of the molecule is CCCCC(=O)Nc1ccc(C(=O)Nc2ccc(S(=O)(=O)NC(C)=O)cc2)cc1. The van der Waals surface area contributed by atoms with Crippen molar-refractivity contribution in [2.45, 2.75) is 38.0 Å². The second-order valence-electron chi connectivity index (χ2n) is 6.37. The predicted molar refractivity (Wildman–Crippen MR) is 110 cm³/mol. The van der Waals surface area contributed by atoms with Gasteiger partial charge in [-0.05, 0) is 55.0 Å². The maximum Gasteiger partial charge on any atom is 0.264 e. The quantitative estimate of drug-likeness (QED) is 0.610. The first-order chi connectivity index (χ1) is 13.7. The van der Waals surface area contributed by atoms with Crippen molar-refractivity contribution in [3.8, 4) is 0 Å². The zero-order valence-corrected chi connectivity index (χ0v) is 17.0. The highest BCUT2D eigenvalue weighted by Crippen LogP contribution is 2.16. The van der Waals surface area contributed by atoms with Crippen molar-refractivity contribution in [1.82, 2.24) is 4.72 Å². The molecule has 0 radical (unpaired) electrons. The lowest BCUT2D eigenvalue weighted by Crippen LogP contribution is -2.28. The Kier molecular flexibility index (Phi) is 7.49. The monoisotopic (exact) mass is 417 g/mol. The summed E-state index contributed by atoms with van der Waals surface area (Å²) in [5, 5.41) is 5.43. The van der Waals surface area contributed by atoms with E-state index < -0.39 is 15.9 Å². The fourth-order valence-corrected chi connectivity index (χ4v) is 3.43. The van der Waals surface area contributed by atoms with Gasteiger partial charge in [0.25, 0.3) is 15.9 Å². The van der Waals surface area contributed by atoms with Crippen LogP contribution in [-0.2, 0) is 19.6 Å². The molecule has 0 saturated carbocycles. The number of rotatable bonds is 8. The van der Waals surface area contributed by atoms with Crippen molar-refractivity contribution in [3.05, 3.63) is 54.1 Å². The van der Waals surface area contributed by atoms with Crippen LogP contribution in [0.3, 0.4) is 0 Å². The van der Waals surface area contributed by atoms with Crippen molar-refractivity contribution >= 4 is 39.1 Å². The Morgan fingerprint density at radius 1 is 0.862 bits per heavy atom. The first kappa shape index (κ1) is 22.1. The first-order valence-electron chi connectivity index (χ1n) is 9.06. The minimum absolute atomic E-state index is 0.0710. The molecule has 0 aliphatic heterocycles. The number of unbranched alkanes of at least 4 members (excludes halogenated alkanes) is 1. The van der Waals surface area contributed by atoms with E-state index in [-0.39, 0.29) is 16.7 Å². The second-order valence-corrected chi connectivity index (χ2v) is 8.05. The van der Waals surface area contributed by atoms with Gasteiger partial charge >= 0.3 is 0 Å². The zero-order chi connectivity index (χ0) is 21.4. The van der Waals surface area contributed by atoms with Crippen LogP contribution in [0.15, 0.2) is 53.4 Å². The van der Waals surface area contributed by atoms with Gasteiger partial charge in [-0.15, -0.1) is 0 Å². The molecule has 0 aromatic heterocycles. The molecular weight excluding hydrogens is 394 g/mol. The van der Waals surface area contributed by atoms with Gasteiger partial charge in [-0.2, -0.15) is 0 Å². The van der Waals surface area contributed by atoms with Crippen molar-refractivity contribution in [2.24, 2.45) is 0 Å². The van der Waals surface area contributed by atoms with Gasteiger partial charge in [0.2, 0.25) is 11.8 Å². The summed E-state index contributed by atoms with van der Waals surface area (Å²) >= 11 is 0. The molecule has 0 aliphatic carbocycles. The van der Waals surface area contributed by atoms with Gasteiger partial charge in [-0.1, -0.05) is 13.3 Å². The smallest absolute Gasteiger partial charge is 0.264 e. The number of sulfonamides is 1. The van der Waals surface area contributed by atoms with Crippen LogP contribution in [0.2, 0.25) is 0 Å². The average Bonchev–Trinajstić information content (AvgIpc) is 2.66. The number of hydrogen-bond acceptors (Lipinski definition) is 5. The number of nitrogens with one attached hydrogen (secondary N) is 3. The van der Waals surface area contributed by atoms with Crippen LogP contribution in [-0.4, -0.2) is 26.1 Å². The standard InChI is InChI=1S/C20H23N3O5S/c1-3-4-5-19(25)21-16-8-6-15(7-9-16)20(26)22-17-10-12-18(13-11-17)29(27,28)23-14(2)24/h6-13H,3-5H2,1-2H3,(H,21,25)(H,22,26)(H,23,24). The lowest BCUT2D eigenvalue weighted by molar-refractivity contribution is -0.117. The largest absolute Gasteiger partial charge is 0.326 e. The normalized spacial score (nSPS) is 10.8. The van der Waals surface area contributed by atoms with E-state index in [0.717, 1.165) is 19.8 Å². The number of hydrogen-bond donors (Lipinski definition) is 3. The van der Waals surface area contributed by atoms with E-state index in [0.29, 0.717) is 23.4 Å². The molecule has 3 amide bonds. The van der Waals surface area contributed by atoms with E-state index in [2.05, 4.69) is 10.6 Å². The molecular formula is C20H23N3O5S. The van der Waals surface area contributed by atoms with Gasteiger partial charge in [-0.3, -0.25) is 14.4 Å². The summed E-state index contributed by atoms with van der Waals surface area (Å²) in [6.07, 6.45) is 2.20. The lowest BCUT2D eigenvalue weighted by atomic mass is 10.1. The van der Waals surface area contributed by atoms with Gasteiger partial charge in [0.1, 0.15) is 0 Å². The van der Waals surface area contributed by atoms with Crippen molar-refractivity contribution < 1.29 is 22.8 Å². The molecule has 0 heterocycles. The molecule has 2 rings (SSSR count). The number of anilines is 2. The summed E-state index contributed by atoms with van der Waals surface area (Å²) in [6.45, 7) is 3.12. The highest BCUT2D eigenvalue weighted by atomic mass is 32.2. The van der Waals surface area contributed by atoms with Crippen LogP contribution < -0.4 is 15.4 Å². The molecule has 0 atom stereocenters. The summed E-state index contributed by atoms with van der Waals surface area (Å²) in [6, 6.07) is 11.9. The molecule has 29 heavy (non-hydrogen) atoms. The third-order valence-corrected chi connectivity index (χ3v) is 5.34. The van der Waals surface area contributed by atoms with Crippen LogP contribution >= 0.6 is 0 Å². The maximum atomic E-state index is 12.3. The van der Waals surface area contributed by atoms with E-state index in [9.17, 15) is 22.8 Å². The van der Waals surface area contributed by atoms with Crippen LogP contribution in [0.4, 0.5) is 11.4 Å². The van der Waals surface area contributed by atoms with Crippen molar-refractivity contribution in [1.29, 1.82) is 0 Å². The van der Waals surface area contributed by atoms with Crippen LogP contribution in [0.25, 0.3) is 0 Å². The highest BCUT2D eigenvalue weighted by molar-refractivity contribution is 7.90. The molecule has 0 spiro atoms. The fourth-order valence-electron chi connectivity index (χ4n) is 2.43. The first-order valence-corrected chi connectivity index (χ1v) is 10.5. The molecule has 2 aromatic carbocycles. The molecule has 3 N–H and O–H groups in total. The third kappa shape index (κ3) is 6.72.